The SMILES string of the molecule is CC(=O)O[C@H]1C[C@@]23C(=C1C)[C@@](O)(C(=O)OC2(C)C)[C@@]1(C)[C@H]([C@@H]3OC(=O)c2ccccc2)[C@]2(OC(C)=O)CO[C@@H]2C[C@@H]1O. The van der Waals surface area contributed by atoms with E-state index in [9.17, 15) is 29.4 Å². The minimum atomic E-state index is -2.45. The lowest BCUT2D eigenvalue weighted by atomic mass is 9.37. The monoisotopic (exact) mass is 584 g/mol. The maximum Gasteiger partial charge on any atom is 0.343 e. The van der Waals surface area contributed by atoms with Crippen LogP contribution in [0.5, 0.6) is 0 Å². The molecule has 2 saturated heterocycles. The van der Waals surface area contributed by atoms with Crippen molar-refractivity contribution < 1.29 is 53.1 Å². The smallest absolute Gasteiger partial charge is 0.343 e. The van der Waals surface area contributed by atoms with Gasteiger partial charge in [-0.05, 0) is 44.1 Å². The average molecular weight is 585 g/mol. The molecule has 0 radical (unpaired) electrons. The molecule has 9 atom stereocenters. The number of carbonyl (C=O) groups excluding carboxylic acids is 4. The summed E-state index contributed by atoms with van der Waals surface area (Å²) < 4.78 is 30.0. The molecule has 2 bridgehead atoms. The number of hydrogen-bond acceptors (Lipinski definition) is 11. The van der Waals surface area contributed by atoms with Crippen LogP contribution >= 0.6 is 0 Å². The van der Waals surface area contributed by atoms with E-state index >= 15 is 0 Å². The molecule has 1 aromatic rings. The molecule has 0 unspecified atom stereocenters. The van der Waals surface area contributed by atoms with Gasteiger partial charge in [-0.15, -0.1) is 0 Å². The van der Waals surface area contributed by atoms with Gasteiger partial charge in [0.05, 0.1) is 29.6 Å². The van der Waals surface area contributed by atoms with Gasteiger partial charge in [0, 0.05) is 32.1 Å². The fourth-order valence-corrected chi connectivity index (χ4v) is 8.89. The van der Waals surface area contributed by atoms with Crippen LogP contribution in [0.25, 0.3) is 0 Å². The lowest BCUT2D eigenvalue weighted by Gasteiger charge is -2.73. The molecule has 4 fully saturated rings. The Bertz CT molecular complexity index is 1420. The zero-order valence-electron chi connectivity index (χ0n) is 24.5. The fraction of sp³-hybridized carbons (Fsp3) is 0.613. The predicted octanol–water partition coefficient (Wildman–Crippen LogP) is 2.02. The van der Waals surface area contributed by atoms with Gasteiger partial charge in [-0.25, -0.2) is 9.59 Å². The molecule has 2 heterocycles. The molecule has 5 aliphatic rings. The standard InChI is InChI=1S/C31H36O11/c1-15-19(39-16(2)32)13-29-22(15)31(37,26(36)42-27(29,4)5)28(6)20(34)12-21-30(14-38-21,41-17(3)33)23(28)24(29)40-25(35)18-10-8-7-9-11-18/h7-11,19-21,23-24,34,37H,12-14H2,1-6H3/t19-,20-,21+,23-,24-,28+,29-,30-,31+/m0/s1. The molecule has 3 aliphatic carbocycles. The third-order valence-electron chi connectivity index (χ3n) is 10.7. The van der Waals surface area contributed by atoms with Crippen LogP contribution in [-0.4, -0.2) is 81.9 Å². The van der Waals surface area contributed by atoms with Crippen LogP contribution in [0.2, 0.25) is 0 Å². The first-order valence-corrected chi connectivity index (χ1v) is 14.2. The predicted molar refractivity (Wildman–Crippen MR) is 143 cm³/mol. The van der Waals surface area contributed by atoms with Gasteiger partial charge < -0.3 is 33.9 Å². The molecule has 226 valence electrons. The van der Waals surface area contributed by atoms with Gasteiger partial charge in [-0.3, -0.25) is 9.59 Å². The van der Waals surface area contributed by atoms with E-state index in [1.54, 1.807) is 51.1 Å². The Kier molecular flexibility index (Phi) is 6.09. The number of hydrogen-bond donors (Lipinski definition) is 2. The van der Waals surface area contributed by atoms with Crippen LogP contribution < -0.4 is 0 Å². The van der Waals surface area contributed by atoms with Gasteiger partial charge in [-0.2, -0.15) is 0 Å². The summed E-state index contributed by atoms with van der Waals surface area (Å²) in [4.78, 5) is 52.8. The molecule has 42 heavy (non-hydrogen) atoms. The first kappa shape index (κ1) is 28.8. The van der Waals surface area contributed by atoms with Crippen molar-refractivity contribution in [2.45, 2.75) is 95.6 Å². The Morgan fingerprint density at radius 3 is 2.26 bits per heavy atom. The van der Waals surface area contributed by atoms with Gasteiger partial charge in [0.15, 0.2) is 11.2 Å². The third-order valence-corrected chi connectivity index (χ3v) is 10.7. The summed E-state index contributed by atoms with van der Waals surface area (Å²) in [5, 5.41) is 24.6. The van der Waals surface area contributed by atoms with E-state index in [4.69, 9.17) is 23.7 Å². The van der Waals surface area contributed by atoms with Gasteiger partial charge in [0.1, 0.15) is 23.9 Å². The summed E-state index contributed by atoms with van der Waals surface area (Å²) in [5.41, 5.74) is -7.68. The lowest BCUT2D eigenvalue weighted by Crippen LogP contribution is -2.87. The van der Waals surface area contributed by atoms with E-state index in [1.165, 1.54) is 20.8 Å². The van der Waals surface area contributed by atoms with Gasteiger partial charge in [-0.1, -0.05) is 25.1 Å². The molecule has 0 spiro atoms. The van der Waals surface area contributed by atoms with Crippen LogP contribution in [0.3, 0.4) is 0 Å². The normalized spacial score (nSPS) is 42.7. The molecule has 6 rings (SSSR count). The van der Waals surface area contributed by atoms with Crippen molar-refractivity contribution in [2.24, 2.45) is 16.7 Å². The first-order valence-electron chi connectivity index (χ1n) is 14.2. The number of aliphatic hydroxyl groups excluding tert-OH is 1. The van der Waals surface area contributed by atoms with Crippen LogP contribution in [0.1, 0.15) is 64.7 Å². The Hall–Kier alpha value is -3.28. The minimum Gasteiger partial charge on any atom is -0.458 e. The summed E-state index contributed by atoms with van der Waals surface area (Å²) in [5.74, 6) is -4.02. The van der Waals surface area contributed by atoms with Crippen molar-refractivity contribution in [3.05, 3.63) is 47.0 Å². The molecule has 0 aromatic heterocycles. The second-order valence-electron chi connectivity index (χ2n) is 13.0. The van der Waals surface area contributed by atoms with Crippen molar-refractivity contribution in [2.75, 3.05) is 6.61 Å². The van der Waals surface area contributed by atoms with Crippen molar-refractivity contribution in [1.29, 1.82) is 0 Å². The zero-order valence-corrected chi connectivity index (χ0v) is 24.5. The number of esters is 4. The van der Waals surface area contributed by atoms with Crippen molar-refractivity contribution >= 4 is 23.9 Å². The molecular weight excluding hydrogens is 548 g/mol. The molecular formula is C31H36O11. The molecule has 2 N–H and O–H groups in total. The highest BCUT2D eigenvalue weighted by Crippen LogP contribution is 2.75. The number of fused-ring (bicyclic) bond motifs is 4. The highest BCUT2D eigenvalue weighted by molar-refractivity contribution is 5.91. The lowest BCUT2D eigenvalue weighted by molar-refractivity contribution is -0.380. The van der Waals surface area contributed by atoms with E-state index in [1.807, 2.05) is 0 Å². The Labute approximate surface area is 243 Å². The van der Waals surface area contributed by atoms with Crippen LogP contribution in [-0.2, 0) is 38.1 Å². The van der Waals surface area contributed by atoms with Crippen LogP contribution in [0.15, 0.2) is 41.5 Å². The van der Waals surface area contributed by atoms with E-state index in [2.05, 4.69) is 0 Å². The number of ether oxygens (including phenoxy) is 5. The first-order chi connectivity index (χ1) is 19.6. The maximum absolute atomic E-state index is 14.1. The largest absolute Gasteiger partial charge is 0.458 e. The number of aliphatic hydroxyl groups is 2. The molecule has 2 saturated carbocycles. The quantitative estimate of drug-likeness (QED) is 0.303. The highest BCUT2D eigenvalue weighted by atomic mass is 16.6. The topological polar surface area (TPSA) is 155 Å². The molecule has 11 heteroatoms. The van der Waals surface area contributed by atoms with Crippen molar-refractivity contribution in [3.63, 3.8) is 0 Å². The number of carbonyl (C=O) groups is 4. The van der Waals surface area contributed by atoms with Gasteiger partial charge in [0.2, 0.25) is 0 Å². The van der Waals surface area contributed by atoms with Crippen molar-refractivity contribution in [3.8, 4) is 0 Å². The van der Waals surface area contributed by atoms with Crippen LogP contribution in [0.4, 0.5) is 0 Å². The van der Waals surface area contributed by atoms with E-state index in [0.717, 1.165) is 0 Å². The molecule has 0 amide bonds. The Morgan fingerprint density at radius 1 is 1.02 bits per heavy atom. The Balaban J connectivity index is 1.68. The zero-order chi connectivity index (χ0) is 30.6. The third kappa shape index (κ3) is 3.27. The van der Waals surface area contributed by atoms with Gasteiger partial charge in [0.25, 0.3) is 0 Å². The second-order valence-corrected chi connectivity index (χ2v) is 13.0. The second kappa shape index (κ2) is 8.87. The maximum atomic E-state index is 14.1. The summed E-state index contributed by atoms with van der Waals surface area (Å²) in [6, 6.07) is 8.32. The molecule has 1 aromatic carbocycles. The van der Waals surface area contributed by atoms with E-state index in [-0.39, 0.29) is 30.6 Å². The number of benzene rings is 1. The average Bonchev–Trinajstić information content (AvgIpc) is 3.20. The Morgan fingerprint density at radius 2 is 1.69 bits per heavy atom. The molecule has 11 nitrogen and oxygen atoms in total. The molecule has 2 aliphatic heterocycles. The van der Waals surface area contributed by atoms with Crippen molar-refractivity contribution in [1.82, 2.24) is 0 Å². The fourth-order valence-electron chi connectivity index (χ4n) is 8.89. The summed E-state index contributed by atoms with van der Waals surface area (Å²) in [6.45, 7) is 8.92. The summed E-state index contributed by atoms with van der Waals surface area (Å²) in [7, 11) is 0. The van der Waals surface area contributed by atoms with Gasteiger partial charge >= 0.3 is 23.9 Å². The highest BCUT2D eigenvalue weighted by Gasteiger charge is 2.88. The van der Waals surface area contributed by atoms with E-state index < -0.39 is 81.8 Å². The number of rotatable bonds is 4. The summed E-state index contributed by atoms with van der Waals surface area (Å²) >= 11 is 0. The number of cyclic esters (lactones) is 1. The minimum absolute atomic E-state index is 0.00736. The van der Waals surface area contributed by atoms with E-state index in [0.29, 0.717) is 5.57 Å². The van der Waals surface area contributed by atoms with Crippen LogP contribution in [0, 0.1) is 16.7 Å². The summed E-state index contributed by atoms with van der Waals surface area (Å²) in [6.07, 6.45) is -4.35.